The van der Waals surface area contributed by atoms with E-state index in [1.807, 2.05) is 6.20 Å². The number of hydrogen-bond acceptors (Lipinski definition) is 3. The van der Waals surface area contributed by atoms with Gasteiger partial charge in [0.2, 0.25) is 0 Å². The van der Waals surface area contributed by atoms with Crippen LogP contribution in [0.3, 0.4) is 0 Å². The number of aromatic nitrogens is 2. The molecule has 0 amide bonds. The Morgan fingerprint density at radius 1 is 1.38 bits per heavy atom. The van der Waals surface area contributed by atoms with Crippen LogP contribution < -0.4 is 10.1 Å². The van der Waals surface area contributed by atoms with Gasteiger partial charge in [-0.2, -0.15) is 13.2 Å². The molecule has 2 heterocycles. The van der Waals surface area contributed by atoms with E-state index in [0.29, 0.717) is 18.4 Å². The highest BCUT2D eigenvalue weighted by Gasteiger charge is 2.34. The minimum Gasteiger partial charge on any atom is -0.497 e. The number of likely N-dealkylation sites (tertiary alicyclic amines) is 1. The van der Waals surface area contributed by atoms with E-state index >= 15 is 0 Å². The van der Waals surface area contributed by atoms with Crippen LogP contribution in [0.15, 0.2) is 41.9 Å². The van der Waals surface area contributed by atoms with Crippen LogP contribution in [0, 0.1) is 5.92 Å². The van der Waals surface area contributed by atoms with Crippen molar-refractivity contribution in [2.24, 2.45) is 10.9 Å². The van der Waals surface area contributed by atoms with Gasteiger partial charge in [-0.3, -0.25) is 4.99 Å². The number of ether oxygens (including phenoxy) is 1. The molecular formula is C20H26F3N5O. The minimum atomic E-state index is -4.46. The Bertz CT molecular complexity index is 835. The van der Waals surface area contributed by atoms with Gasteiger partial charge in [0.1, 0.15) is 5.75 Å². The van der Waals surface area contributed by atoms with Crippen molar-refractivity contribution in [3.05, 3.63) is 48.0 Å². The molecule has 29 heavy (non-hydrogen) atoms. The zero-order chi connectivity index (χ0) is 21.0. The molecule has 1 fully saturated rings. The van der Waals surface area contributed by atoms with Crippen LogP contribution in [0.2, 0.25) is 0 Å². The minimum absolute atomic E-state index is 0.0211. The molecule has 1 aromatic carbocycles. The average molecular weight is 409 g/mol. The summed E-state index contributed by atoms with van der Waals surface area (Å²) in [4.78, 5) is 10.5. The summed E-state index contributed by atoms with van der Waals surface area (Å²) >= 11 is 0. The van der Waals surface area contributed by atoms with Gasteiger partial charge in [-0.05, 0) is 30.0 Å². The van der Waals surface area contributed by atoms with Crippen molar-refractivity contribution in [1.29, 1.82) is 0 Å². The molecule has 2 atom stereocenters. The molecule has 158 valence electrons. The second-order valence-electron chi connectivity index (χ2n) is 7.21. The van der Waals surface area contributed by atoms with E-state index in [0.717, 1.165) is 19.0 Å². The van der Waals surface area contributed by atoms with E-state index in [-0.39, 0.29) is 23.9 Å². The van der Waals surface area contributed by atoms with Gasteiger partial charge >= 0.3 is 6.18 Å². The number of aliphatic imine (C=N–C) groups is 1. The number of piperidine rings is 1. The first-order valence-corrected chi connectivity index (χ1v) is 9.50. The maximum absolute atomic E-state index is 13.4. The Hall–Kier alpha value is -2.71. The Labute approximate surface area is 168 Å². The smallest absolute Gasteiger partial charge is 0.416 e. The van der Waals surface area contributed by atoms with Crippen molar-refractivity contribution in [3.8, 4) is 5.75 Å². The van der Waals surface area contributed by atoms with Crippen LogP contribution in [-0.4, -0.2) is 47.7 Å². The van der Waals surface area contributed by atoms with E-state index in [2.05, 4.69) is 31.7 Å². The average Bonchev–Trinajstić information content (AvgIpc) is 3.23. The number of nitrogens with zero attached hydrogens (tertiary/aromatic N) is 4. The molecule has 1 saturated heterocycles. The summed E-state index contributed by atoms with van der Waals surface area (Å²) in [6.07, 6.45) is 1.99. The lowest BCUT2D eigenvalue weighted by Gasteiger charge is -2.39. The quantitative estimate of drug-likeness (QED) is 0.620. The molecule has 6 nitrogen and oxygen atoms in total. The van der Waals surface area contributed by atoms with Gasteiger partial charge in [-0.25, -0.2) is 4.98 Å². The third-order valence-corrected chi connectivity index (χ3v) is 5.40. The predicted octanol–water partition coefficient (Wildman–Crippen LogP) is 3.57. The molecule has 1 N–H and O–H groups in total. The molecule has 0 spiro atoms. The van der Waals surface area contributed by atoms with E-state index in [1.165, 1.54) is 19.2 Å². The lowest BCUT2D eigenvalue weighted by molar-refractivity contribution is -0.138. The van der Waals surface area contributed by atoms with Crippen molar-refractivity contribution < 1.29 is 17.9 Å². The number of rotatable bonds is 4. The third kappa shape index (κ3) is 4.83. The Morgan fingerprint density at radius 2 is 2.17 bits per heavy atom. The second-order valence-corrected chi connectivity index (χ2v) is 7.21. The summed E-state index contributed by atoms with van der Waals surface area (Å²) in [7, 11) is 2.99. The lowest BCUT2D eigenvalue weighted by Crippen LogP contribution is -2.48. The molecule has 0 saturated carbocycles. The molecule has 9 heteroatoms. The van der Waals surface area contributed by atoms with E-state index < -0.39 is 11.7 Å². The van der Waals surface area contributed by atoms with Crippen molar-refractivity contribution in [1.82, 2.24) is 19.8 Å². The molecule has 2 aromatic rings. The first kappa shape index (κ1) is 21.0. The van der Waals surface area contributed by atoms with Crippen LogP contribution in [0.1, 0.15) is 30.5 Å². The van der Waals surface area contributed by atoms with Crippen LogP contribution in [0.4, 0.5) is 13.2 Å². The molecule has 3 rings (SSSR count). The molecule has 2 unspecified atom stereocenters. The van der Waals surface area contributed by atoms with Gasteiger partial charge in [-0.15, -0.1) is 0 Å². The highest BCUT2D eigenvalue weighted by molar-refractivity contribution is 5.80. The number of methoxy groups -OCH3 is 1. The van der Waals surface area contributed by atoms with E-state index in [9.17, 15) is 13.2 Å². The molecular weight excluding hydrogens is 383 g/mol. The maximum Gasteiger partial charge on any atom is 0.416 e. The Morgan fingerprint density at radius 3 is 2.79 bits per heavy atom. The molecule has 0 bridgehead atoms. The molecule has 1 aromatic heterocycles. The van der Waals surface area contributed by atoms with E-state index in [4.69, 9.17) is 4.74 Å². The number of benzene rings is 1. The molecule has 1 aliphatic rings. The lowest BCUT2D eigenvalue weighted by atomic mass is 9.93. The van der Waals surface area contributed by atoms with Crippen LogP contribution in [0.25, 0.3) is 0 Å². The van der Waals surface area contributed by atoms with Crippen molar-refractivity contribution in [3.63, 3.8) is 0 Å². The molecule has 1 aliphatic heterocycles. The fourth-order valence-corrected chi connectivity index (χ4v) is 3.70. The zero-order valence-corrected chi connectivity index (χ0v) is 16.8. The number of halogens is 3. The van der Waals surface area contributed by atoms with Gasteiger partial charge in [0.05, 0.1) is 25.0 Å². The standard InChI is InChI=1S/C20H26F3N5O/c1-14-6-8-27(12-18(14)28-9-7-25-13-28)19(24-2)26-11-15-4-5-16(29-3)10-17(15)20(21,22)23/h4-5,7,9-10,13-14,18H,6,8,11-12H2,1-3H3,(H,24,26). The van der Waals surface area contributed by atoms with Gasteiger partial charge in [0.15, 0.2) is 5.96 Å². The summed E-state index contributed by atoms with van der Waals surface area (Å²) in [6, 6.07) is 4.23. The van der Waals surface area contributed by atoms with Crippen LogP contribution >= 0.6 is 0 Å². The normalized spacial score (nSPS) is 20.6. The first-order chi connectivity index (χ1) is 13.8. The number of hydrogen-bond donors (Lipinski definition) is 1. The van der Waals surface area contributed by atoms with Gasteiger partial charge in [0, 0.05) is 39.1 Å². The summed E-state index contributed by atoms with van der Waals surface area (Å²) < 4.78 is 47.4. The maximum atomic E-state index is 13.4. The number of nitrogens with one attached hydrogen (secondary N) is 1. The van der Waals surface area contributed by atoms with Gasteiger partial charge in [0.25, 0.3) is 0 Å². The van der Waals surface area contributed by atoms with Gasteiger partial charge < -0.3 is 19.5 Å². The first-order valence-electron chi connectivity index (χ1n) is 9.50. The fraction of sp³-hybridized carbons (Fsp3) is 0.500. The number of imidazole rings is 1. The highest BCUT2D eigenvalue weighted by atomic mass is 19.4. The Balaban J connectivity index is 1.73. The summed E-state index contributed by atoms with van der Waals surface area (Å²) in [5.74, 6) is 1.24. The predicted molar refractivity (Wildman–Crippen MR) is 105 cm³/mol. The monoisotopic (exact) mass is 409 g/mol. The Kier molecular flexibility index (Phi) is 6.34. The van der Waals surface area contributed by atoms with Crippen molar-refractivity contribution >= 4 is 5.96 Å². The topological polar surface area (TPSA) is 54.7 Å². The number of alkyl halides is 3. The summed E-state index contributed by atoms with van der Waals surface area (Å²) in [6.45, 7) is 3.73. The van der Waals surface area contributed by atoms with Crippen LogP contribution in [0.5, 0.6) is 5.75 Å². The largest absolute Gasteiger partial charge is 0.497 e. The van der Waals surface area contributed by atoms with Gasteiger partial charge in [-0.1, -0.05) is 13.0 Å². The van der Waals surface area contributed by atoms with Crippen molar-refractivity contribution in [2.45, 2.75) is 32.1 Å². The second kappa shape index (κ2) is 8.75. The number of guanidine groups is 1. The molecule has 0 aliphatic carbocycles. The zero-order valence-electron chi connectivity index (χ0n) is 16.8. The van der Waals surface area contributed by atoms with E-state index in [1.54, 1.807) is 19.6 Å². The SMILES string of the molecule is CN=C(NCc1ccc(OC)cc1C(F)(F)F)N1CCC(C)C(n2ccnc2)C1. The van der Waals surface area contributed by atoms with Crippen LogP contribution in [-0.2, 0) is 12.7 Å². The summed E-state index contributed by atoms with van der Waals surface area (Å²) in [5, 5.41) is 3.10. The van der Waals surface area contributed by atoms with Crippen molar-refractivity contribution in [2.75, 3.05) is 27.2 Å². The summed E-state index contributed by atoms with van der Waals surface area (Å²) in [5.41, 5.74) is -0.556. The molecule has 0 radical (unpaired) electrons. The third-order valence-electron chi connectivity index (χ3n) is 5.40. The fourth-order valence-electron chi connectivity index (χ4n) is 3.70. The highest BCUT2D eigenvalue weighted by Crippen LogP contribution is 2.34.